The summed E-state index contributed by atoms with van der Waals surface area (Å²) in [5.41, 5.74) is 4.68. The number of carbonyl (C=O) groups excluding carboxylic acids is 1. The van der Waals surface area contributed by atoms with E-state index in [9.17, 15) is 13.6 Å². The molecule has 5 rings (SSSR count). The van der Waals surface area contributed by atoms with Crippen molar-refractivity contribution < 1.29 is 13.6 Å². The number of halogens is 3. The van der Waals surface area contributed by atoms with Crippen LogP contribution in [0.4, 0.5) is 8.78 Å². The fourth-order valence-corrected chi connectivity index (χ4v) is 4.36. The summed E-state index contributed by atoms with van der Waals surface area (Å²) in [4.78, 5) is 17.6. The normalized spacial score (nSPS) is 16.1. The van der Waals surface area contributed by atoms with Crippen molar-refractivity contribution in [1.29, 1.82) is 0 Å². The molecule has 0 saturated carbocycles. The minimum absolute atomic E-state index is 0.113. The average molecular weight is 424 g/mol. The number of hydrogen-bond donors (Lipinski definition) is 0. The first kappa shape index (κ1) is 18.9. The van der Waals surface area contributed by atoms with Gasteiger partial charge in [0.15, 0.2) is 11.4 Å². The highest BCUT2D eigenvalue weighted by molar-refractivity contribution is 6.30. The van der Waals surface area contributed by atoms with Gasteiger partial charge in [-0.2, -0.15) is 5.10 Å². The molecular weight excluding hydrogens is 408 g/mol. The van der Waals surface area contributed by atoms with Gasteiger partial charge in [0.1, 0.15) is 11.6 Å². The Hall–Kier alpha value is -3.12. The van der Waals surface area contributed by atoms with Crippen LogP contribution in [-0.2, 0) is 6.42 Å². The first-order valence-corrected chi connectivity index (χ1v) is 9.91. The zero-order valence-corrected chi connectivity index (χ0v) is 16.8. The Bertz CT molecular complexity index is 1310. The van der Waals surface area contributed by atoms with Crippen LogP contribution >= 0.6 is 11.6 Å². The number of ketones is 1. The molecule has 4 nitrogen and oxygen atoms in total. The van der Waals surface area contributed by atoms with E-state index in [0.29, 0.717) is 33.9 Å². The number of aryl methyl sites for hydroxylation is 1. The SMILES string of the molecule is Cc1nn2cc3c(nc2c1-c1cccc(Cl)c1)CC(c1cc(F)cc(F)c1)CC3=O. The van der Waals surface area contributed by atoms with Crippen LogP contribution in [0.3, 0.4) is 0 Å². The largest absolute Gasteiger partial charge is 0.294 e. The quantitative estimate of drug-likeness (QED) is 0.424. The molecule has 0 aliphatic heterocycles. The minimum atomic E-state index is -0.652. The fraction of sp³-hybridized carbons (Fsp3) is 0.174. The highest BCUT2D eigenvalue weighted by atomic mass is 35.5. The molecule has 0 spiro atoms. The maximum Gasteiger partial charge on any atom is 0.166 e. The van der Waals surface area contributed by atoms with E-state index in [-0.39, 0.29) is 18.1 Å². The average Bonchev–Trinajstić information content (AvgIpc) is 3.00. The lowest BCUT2D eigenvalue weighted by molar-refractivity contribution is 0.0962. The van der Waals surface area contributed by atoms with E-state index in [2.05, 4.69) is 5.10 Å². The zero-order chi connectivity index (χ0) is 21.0. The summed E-state index contributed by atoms with van der Waals surface area (Å²) in [7, 11) is 0. The lowest BCUT2D eigenvalue weighted by Gasteiger charge is -2.23. The molecule has 1 atom stereocenters. The molecular formula is C23H16ClF2N3O. The van der Waals surface area contributed by atoms with Crippen LogP contribution in [-0.4, -0.2) is 20.4 Å². The van der Waals surface area contributed by atoms with Crippen molar-refractivity contribution in [2.45, 2.75) is 25.7 Å². The third kappa shape index (κ3) is 3.17. The van der Waals surface area contributed by atoms with Crippen LogP contribution in [0.5, 0.6) is 0 Å². The number of nitrogens with zero attached hydrogens (tertiary/aromatic N) is 3. The maximum atomic E-state index is 13.7. The Morgan fingerprint density at radius 1 is 1.10 bits per heavy atom. The Morgan fingerprint density at radius 3 is 2.60 bits per heavy atom. The molecule has 30 heavy (non-hydrogen) atoms. The second kappa shape index (κ2) is 6.99. The molecule has 0 N–H and O–H groups in total. The summed E-state index contributed by atoms with van der Waals surface area (Å²) in [6.07, 6.45) is 2.29. The van der Waals surface area contributed by atoms with Gasteiger partial charge in [0, 0.05) is 29.3 Å². The zero-order valence-electron chi connectivity index (χ0n) is 16.0. The molecule has 1 aliphatic carbocycles. The molecule has 1 unspecified atom stereocenters. The third-order valence-corrected chi connectivity index (χ3v) is 5.74. The van der Waals surface area contributed by atoms with Crippen molar-refractivity contribution in [2.24, 2.45) is 0 Å². The van der Waals surface area contributed by atoms with Crippen molar-refractivity contribution in [3.05, 3.63) is 87.8 Å². The lowest BCUT2D eigenvalue weighted by atomic mass is 9.82. The van der Waals surface area contributed by atoms with Gasteiger partial charge >= 0.3 is 0 Å². The summed E-state index contributed by atoms with van der Waals surface area (Å²) >= 11 is 6.16. The molecule has 2 aromatic heterocycles. The van der Waals surface area contributed by atoms with Crippen molar-refractivity contribution in [3.63, 3.8) is 0 Å². The van der Waals surface area contributed by atoms with Crippen molar-refractivity contribution in [1.82, 2.24) is 14.6 Å². The minimum Gasteiger partial charge on any atom is -0.294 e. The molecule has 0 radical (unpaired) electrons. The second-order valence-corrected chi connectivity index (χ2v) is 8.01. The van der Waals surface area contributed by atoms with Crippen molar-refractivity contribution in [2.75, 3.05) is 0 Å². The topological polar surface area (TPSA) is 47.3 Å². The summed E-state index contributed by atoms with van der Waals surface area (Å²) in [5.74, 6) is -1.75. The van der Waals surface area contributed by atoms with Crippen LogP contribution in [0.15, 0.2) is 48.7 Å². The summed E-state index contributed by atoms with van der Waals surface area (Å²) < 4.78 is 29.0. The maximum absolute atomic E-state index is 13.7. The predicted molar refractivity (Wildman–Crippen MR) is 110 cm³/mol. The predicted octanol–water partition coefficient (Wildman–Crippen LogP) is 5.55. The first-order chi connectivity index (χ1) is 14.4. The highest BCUT2D eigenvalue weighted by Crippen LogP contribution is 2.35. The monoisotopic (exact) mass is 423 g/mol. The van der Waals surface area contributed by atoms with Gasteiger partial charge in [0.2, 0.25) is 0 Å². The van der Waals surface area contributed by atoms with Gasteiger partial charge in [0.05, 0.1) is 17.0 Å². The molecule has 7 heteroatoms. The smallest absolute Gasteiger partial charge is 0.166 e. The lowest BCUT2D eigenvalue weighted by Crippen LogP contribution is -2.21. The van der Waals surface area contributed by atoms with Crippen LogP contribution in [0, 0.1) is 18.6 Å². The Labute approximate surface area is 176 Å². The van der Waals surface area contributed by atoms with Gasteiger partial charge in [-0.15, -0.1) is 0 Å². The molecule has 0 saturated heterocycles. The van der Waals surface area contributed by atoms with E-state index in [1.54, 1.807) is 16.8 Å². The van der Waals surface area contributed by atoms with Crippen LogP contribution in [0.1, 0.15) is 39.6 Å². The number of Topliss-reactive ketones (excluding diaryl/α,β-unsaturated/α-hetero) is 1. The first-order valence-electron chi connectivity index (χ1n) is 9.53. The molecule has 150 valence electrons. The van der Waals surface area contributed by atoms with E-state index in [0.717, 1.165) is 22.9 Å². The van der Waals surface area contributed by atoms with Gasteiger partial charge < -0.3 is 0 Å². The third-order valence-electron chi connectivity index (χ3n) is 5.50. The van der Waals surface area contributed by atoms with Gasteiger partial charge in [-0.25, -0.2) is 18.3 Å². The summed E-state index contributed by atoms with van der Waals surface area (Å²) in [6, 6.07) is 10.8. The Kier molecular flexibility index (Phi) is 4.40. The van der Waals surface area contributed by atoms with Crippen LogP contribution < -0.4 is 0 Å². The number of aromatic nitrogens is 3. The molecule has 2 aromatic carbocycles. The molecule has 1 aliphatic rings. The number of hydrogen-bond acceptors (Lipinski definition) is 3. The Morgan fingerprint density at radius 2 is 1.87 bits per heavy atom. The van der Waals surface area contributed by atoms with Gasteiger partial charge in [-0.1, -0.05) is 23.7 Å². The number of fused-ring (bicyclic) bond motifs is 2. The number of rotatable bonds is 2. The highest BCUT2D eigenvalue weighted by Gasteiger charge is 2.29. The Balaban J connectivity index is 1.64. The molecule has 4 aromatic rings. The number of benzene rings is 2. The molecule has 0 bridgehead atoms. The second-order valence-electron chi connectivity index (χ2n) is 7.57. The molecule has 0 amide bonds. The van der Waals surface area contributed by atoms with E-state index in [4.69, 9.17) is 16.6 Å². The molecule has 2 heterocycles. The van der Waals surface area contributed by atoms with E-state index in [1.807, 2.05) is 25.1 Å². The van der Waals surface area contributed by atoms with Crippen molar-refractivity contribution in [3.8, 4) is 11.1 Å². The van der Waals surface area contributed by atoms with Gasteiger partial charge in [0.25, 0.3) is 0 Å². The van der Waals surface area contributed by atoms with E-state index in [1.165, 1.54) is 12.1 Å². The van der Waals surface area contributed by atoms with Crippen LogP contribution in [0.25, 0.3) is 16.8 Å². The van der Waals surface area contributed by atoms with E-state index < -0.39 is 11.6 Å². The molecule has 0 fully saturated rings. The van der Waals surface area contributed by atoms with E-state index >= 15 is 0 Å². The van der Waals surface area contributed by atoms with Crippen molar-refractivity contribution >= 4 is 23.0 Å². The van der Waals surface area contributed by atoms with Gasteiger partial charge in [-0.3, -0.25) is 4.79 Å². The number of carbonyl (C=O) groups is 1. The van der Waals surface area contributed by atoms with Crippen LogP contribution in [0.2, 0.25) is 5.02 Å². The fourth-order valence-electron chi connectivity index (χ4n) is 4.17. The van der Waals surface area contributed by atoms with Gasteiger partial charge in [-0.05, 0) is 54.7 Å². The standard InChI is InChI=1S/C23H16ClF2N3O/c1-12-22(13-3-2-4-16(24)5-13)23-27-20-8-15(14-6-17(25)10-18(26)7-14)9-21(30)19(20)11-29(23)28-12/h2-7,10-11,15H,8-9H2,1H3. The summed E-state index contributed by atoms with van der Waals surface area (Å²) in [6.45, 7) is 1.88. The summed E-state index contributed by atoms with van der Waals surface area (Å²) in [5, 5.41) is 5.13.